The molecule has 4 rings (SSSR count). The lowest BCUT2D eigenvalue weighted by atomic mass is 10.1. The summed E-state index contributed by atoms with van der Waals surface area (Å²) in [5, 5.41) is 3.16. The average Bonchev–Trinajstić information content (AvgIpc) is 3.20. The van der Waals surface area contributed by atoms with Gasteiger partial charge in [-0.3, -0.25) is 4.98 Å². The van der Waals surface area contributed by atoms with Crippen LogP contribution in [0.5, 0.6) is 0 Å². The number of hydrogen-bond acceptors (Lipinski definition) is 8. The Morgan fingerprint density at radius 1 is 1.09 bits per heavy atom. The molecule has 0 spiro atoms. The second-order valence-electron chi connectivity index (χ2n) is 10.4. The van der Waals surface area contributed by atoms with Crippen LogP contribution in [0.4, 0.5) is 31.1 Å². The van der Waals surface area contributed by atoms with Gasteiger partial charge in [0.2, 0.25) is 6.61 Å². The molecule has 0 unspecified atom stereocenters. The van der Waals surface area contributed by atoms with Crippen molar-refractivity contribution < 1.29 is 49.1 Å². The van der Waals surface area contributed by atoms with Crippen LogP contribution < -0.4 is 0 Å². The highest BCUT2D eigenvalue weighted by molar-refractivity contribution is 7.91. The molecule has 44 heavy (non-hydrogen) atoms. The molecule has 0 aliphatic heterocycles. The number of oxime groups is 1. The highest BCUT2D eigenvalue weighted by Crippen LogP contribution is 2.42. The van der Waals surface area contributed by atoms with Gasteiger partial charge in [-0.25, -0.2) is 22.8 Å². The van der Waals surface area contributed by atoms with Crippen LogP contribution in [0, 0.1) is 0 Å². The van der Waals surface area contributed by atoms with Crippen molar-refractivity contribution in [3.63, 3.8) is 0 Å². The number of pyridine rings is 2. The summed E-state index contributed by atoms with van der Waals surface area (Å²) in [6.45, 7) is 4.27. The van der Waals surface area contributed by atoms with Crippen LogP contribution in [0.2, 0.25) is 5.02 Å². The lowest BCUT2D eigenvalue weighted by molar-refractivity contribution is -0.173. The predicted octanol–water partition coefficient (Wildman–Crippen LogP) is 7.41. The van der Waals surface area contributed by atoms with Gasteiger partial charge in [0.25, 0.3) is 0 Å². The number of ether oxygens (including phenoxy) is 1. The maximum Gasteiger partial charge on any atom is 0.425 e. The molecule has 0 radical (unpaired) electrons. The van der Waals surface area contributed by atoms with E-state index < -0.39 is 73.6 Å². The summed E-state index contributed by atoms with van der Waals surface area (Å²) in [6.07, 6.45) is -9.16. The summed E-state index contributed by atoms with van der Waals surface area (Å²) in [6, 6.07) is 6.05. The Morgan fingerprint density at radius 3 is 2.36 bits per heavy atom. The summed E-state index contributed by atoms with van der Waals surface area (Å²) in [5.41, 5.74) is -3.53. The van der Waals surface area contributed by atoms with Crippen molar-refractivity contribution >= 4 is 55.7 Å². The van der Waals surface area contributed by atoms with E-state index >= 15 is 0 Å². The lowest BCUT2D eigenvalue weighted by Gasteiger charge is -2.21. The lowest BCUT2D eigenvalue weighted by Crippen LogP contribution is -2.27. The van der Waals surface area contributed by atoms with Crippen LogP contribution in [-0.2, 0) is 25.6 Å². The molecule has 1 aromatic carbocycles. The summed E-state index contributed by atoms with van der Waals surface area (Å²) < 4.78 is 111. The SMILES string of the molecule is CCS(=O)(=O)c1cc2ccc(/C=N/OCC(F)(F)F)cc2nc1-c1c(Cl)c2ncc(C(F)(F)F)cc2n1C(=O)OC(C)(C)C. The Hall–Kier alpha value is -3.92. The molecule has 17 heteroatoms. The number of aromatic nitrogens is 3. The second-order valence-corrected chi connectivity index (χ2v) is 13.0. The molecule has 0 amide bonds. The molecule has 0 saturated carbocycles. The van der Waals surface area contributed by atoms with E-state index in [0.29, 0.717) is 16.8 Å². The summed E-state index contributed by atoms with van der Waals surface area (Å²) in [5.74, 6) is -0.421. The van der Waals surface area contributed by atoms with Crippen LogP contribution >= 0.6 is 11.6 Å². The van der Waals surface area contributed by atoms with Crippen molar-refractivity contribution in [1.29, 1.82) is 0 Å². The minimum absolute atomic E-state index is 0.0795. The van der Waals surface area contributed by atoms with Crippen molar-refractivity contribution in [2.75, 3.05) is 12.4 Å². The van der Waals surface area contributed by atoms with Gasteiger partial charge >= 0.3 is 18.4 Å². The fraction of sp³-hybridized carbons (Fsp3) is 0.333. The zero-order valence-electron chi connectivity index (χ0n) is 23.3. The van der Waals surface area contributed by atoms with E-state index in [-0.39, 0.29) is 27.0 Å². The first-order valence-corrected chi connectivity index (χ1v) is 14.7. The van der Waals surface area contributed by atoms with Gasteiger partial charge in [-0.15, -0.1) is 0 Å². The number of alkyl halides is 6. The van der Waals surface area contributed by atoms with Crippen molar-refractivity contribution in [3.05, 3.63) is 52.7 Å². The molecule has 0 aliphatic rings. The van der Waals surface area contributed by atoms with E-state index in [9.17, 15) is 39.6 Å². The standard InChI is InChI=1S/C27H23ClF6N4O5S/c1-5-44(40,41)19-9-15-7-6-14(11-36-42-13-26(29,30)31)8-17(15)37-22(19)23-20(28)21-18(10-16(12-35-21)27(32,33)34)38(23)24(39)43-25(2,3)4/h6-12H,5,13H2,1-4H3/b36-11+. The largest absolute Gasteiger partial charge is 0.443 e. The number of carbonyl (C=O) groups is 1. The minimum Gasteiger partial charge on any atom is -0.443 e. The van der Waals surface area contributed by atoms with Crippen LogP contribution in [0.1, 0.15) is 38.8 Å². The van der Waals surface area contributed by atoms with E-state index in [2.05, 4.69) is 20.0 Å². The van der Waals surface area contributed by atoms with E-state index in [1.807, 2.05) is 0 Å². The molecular weight excluding hydrogens is 642 g/mol. The number of benzene rings is 1. The Kier molecular flexibility index (Phi) is 8.65. The third-order valence-electron chi connectivity index (χ3n) is 5.90. The molecule has 0 aliphatic carbocycles. The Morgan fingerprint density at radius 2 is 1.77 bits per heavy atom. The number of hydrogen-bond donors (Lipinski definition) is 0. The molecule has 0 atom stereocenters. The normalized spacial score (nSPS) is 13.2. The molecule has 4 aromatic rings. The van der Waals surface area contributed by atoms with Crippen LogP contribution in [0.15, 0.2) is 46.6 Å². The monoisotopic (exact) mass is 664 g/mol. The minimum atomic E-state index is -4.85. The van der Waals surface area contributed by atoms with Gasteiger partial charge in [0, 0.05) is 11.6 Å². The zero-order chi connectivity index (χ0) is 32.8. The van der Waals surface area contributed by atoms with Crippen LogP contribution in [0.3, 0.4) is 0 Å². The molecule has 0 fully saturated rings. The molecular formula is C27H23ClF6N4O5S. The smallest absolute Gasteiger partial charge is 0.425 e. The topological polar surface area (TPSA) is 113 Å². The first-order valence-electron chi connectivity index (χ1n) is 12.6. The molecule has 236 valence electrons. The number of sulfone groups is 1. The molecule has 0 N–H and O–H groups in total. The summed E-state index contributed by atoms with van der Waals surface area (Å²) >= 11 is 6.61. The van der Waals surface area contributed by atoms with Gasteiger partial charge in [0.1, 0.15) is 22.5 Å². The number of carbonyl (C=O) groups excluding carboxylic acids is 1. The Labute approximate surface area is 251 Å². The van der Waals surface area contributed by atoms with Gasteiger partial charge < -0.3 is 9.57 Å². The maximum absolute atomic E-state index is 13.6. The number of fused-ring (bicyclic) bond motifs is 2. The third-order valence-corrected chi connectivity index (χ3v) is 8.00. The molecule has 0 saturated heterocycles. The van der Waals surface area contributed by atoms with Gasteiger partial charge in [0.05, 0.1) is 38.5 Å². The molecule has 3 aromatic heterocycles. The van der Waals surface area contributed by atoms with Gasteiger partial charge in [-0.1, -0.05) is 35.8 Å². The number of halogens is 7. The van der Waals surface area contributed by atoms with Gasteiger partial charge in [0.15, 0.2) is 9.84 Å². The van der Waals surface area contributed by atoms with E-state index in [1.54, 1.807) is 0 Å². The summed E-state index contributed by atoms with van der Waals surface area (Å²) in [7, 11) is -4.11. The average molecular weight is 665 g/mol. The van der Waals surface area contributed by atoms with E-state index in [0.717, 1.165) is 6.21 Å². The van der Waals surface area contributed by atoms with E-state index in [1.165, 1.54) is 52.0 Å². The number of nitrogens with zero attached hydrogens (tertiary/aromatic N) is 4. The third kappa shape index (κ3) is 7.07. The van der Waals surface area contributed by atoms with Crippen molar-refractivity contribution in [2.45, 2.75) is 50.5 Å². The van der Waals surface area contributed by atoms with Crippen LogP contribution in [0.25, 0.3) is 33.3 Å². The Balaban J connectivity index is 2.04. The Bertz CT molecular complexity index is 1900. The second kappa shape index (κ2) is 11.5. The molecule has 9 nitrogen and oxygen atoms in total. The van der Waals surface area contributed by atoms with Crippen LogP contribution in [-0.4, -0.2) is 59.4 Å². The quantitative estimate of drug-likeness (QED) is 0.120. The highest BCUT2D eigenvalue weighted by atomic mass is 35.5. The molecule has 3 heterocycles. The van der Waals surface area contributed by atoms with Gasteiger partial charge in [-0.05, 0) is 44.5 Å². The zero-order valence-corrected chi connectivity index (χ0v) is 24.9. The number of rotatable bonds is 6. The first kappa shape index (κ1) is 33.0. The van der Waals surface area contributed by atoms with Crippen molar-refractivity contribution in [3.8, 4) is 11.4 Å². The fourth-order valence-corrected chi connectivity index (χ4v) is 5.38. The maximum atomic E-state index is 13.6. The van der Waals surface area contributed by atoms with Crippen molar-refractivity contribution in [1.82, 2.24) is 14.5 Å². The fourth-order valence-electron chi connectivity index (χ4n) is 4.00. The van der Waals surface area contributed by atoms with E-state index in [4.69, 9.17) is 16.3 Å². The van der Waals surface area contributed by atoms with Crippen molar-refractivity contribution in [2.24, 2.45) is 5.16 Å². The highest BCUT2D eigenvalue weighted by Gasteiger charge is 2.35. The summed E-state index contributed by atoms with van der Waals surface area (Å²) in [4.78, 5) is 25.6. The predicted molar refractivity (Wildman–Crippen MR) is 149 cm³/mol. The first-order chi connectivity index (χ1) is 20.2. The molecule has 0 bridgehead atoms. The van der Waals surface area contributed by atoms with Gasteiger partial charge in [-0.2, -0.15) is 26.3 Å².